The Morgan fingerprint density at radius 2 is 0.895 bits per heavy atom. The summed E-state index contributed by atoms with van der Waals surface area (Å²) >= 11 is 4.03. The molecule has 224 valence electrons. The number of ether oxygens (including phenoxy) is 9. The topological polar surface area (TPSA) is 161 Å². The minimum Gasteiger partial charge on any atom is -0.379 e. The van der Waals surface area contributed by atoms with Crippen molar-refractivity contribution in [1.29, 1.82) is 0 Å². The smallest absolute Gasteiger partial charge is 0.222 e. The zero-order chi connectivity index (χ0) is 27.6. The van der Waals surface area contributed by atoms with E-state index in [2.05, 4.69) is 28.0 Å². The molecular weight excluding hydrogens is 524 g/mol. The number of carbonyl (C=O) groups is 1. The van der Waals surface area contributed by atoms with Crippen LogP contribution in [0.15, 0.2) is 5.11 Å². The largest absolute Gasteiger partial charge is 0.379 e. The van der Waals surface area contributed by atoms with Gasteiger partial charge in [0.25, 0.3) is 0 Å². The molecule has 0 saturated carbocycles. The van der Waals surface area contributed by atoms with Gasteiger partial charge in [-0.1, -0.05) is 5.11 Å². The highest BCUT2D eigenvalue weighted by atomic mass is 32.1. The van der Waals surface area contributed by atoms with Crippen LogP contribution in [0.4, 0.5) is 0 Å². The fourth-order valence-electron chi connectivity index (χ4n) is 2.46. The van der Waals surface area contributed by atoms with Crippen LogP contribution in [-0.4, -0.2) is 144 Å². The van der Waals surface area contributed by atoms with Crippen LogP contribution in [-0.2, 0) is 47.4 Å². The second-order valence-electron chi connectivity index (χ2n) is 7.29. The van der Waals surface area contributed by atoms with Crippen molar-refractivity contribution in [2.75, 3.05) is 138 Å². The van der Waals surface area contributed by atoms with Crippen LogP contribution >= 0.6 is 12.6 Å². The van der Waals surface area contributed by atoms with E-state index in [1.807, 2.05) is 0 Å². The molecular formula is C23H46N4O10S. The molecule has 15 heteroatoms. The minimum atomic E-state index is -0.0338. The number of nitrogens with one attached hydrogen (secondary N) is 1. The lowest BCUT2D eigenvalue weighted by Crippen LogP contribution is -2.26. The summed E-state index contributed by atoms with van der Waals surface area (Å²) in [6, 6.07) is 0. The highest BCUT2D eigenvalue weighted by molar-refractivity contribution is 7.80. The molecule has 0 atom stereocenters. The normalized spacial score (nSPS) is 11.0. The van der Waals surface area contributed by atoms with Gasteiger partial charge >= 0.3 is 0 Å². The summed E-state index contributed by atoms with van der Waals surface area (Å²) in [5.41, 5.74) is 8.12. The molecule has 0 rings (SSSR count). The molecule has 0 aromatic rings. The summed E-state index contributed by atoms with van der Waals surface area (Å²) in [6.07, 6.45) is 0.338. The molecule has 0 aromatic heterocycles. The van der Waals surface area contributed by atoms with Crippen LogP contribution in [0.5, 0.6) is 0 Å². The highest BCUT2D eigenvalue weighted by Crippen LogP contribution is 1.88. The molecule has 0 radical (unpaired) electrons. The number of hydrogen-bond donors (Lipinski definition) is 2. The van der Waals surface area contributed by atoms with E-state index in [4.69, 9.17) is 48.2 Å². The van der Waals surface area contributed by atoms with Crippen molar-refractivity contribution in [1.82, 2.24) is 5.32 Å². The Bertz CT molecular complexity index is 548. The van der Waals surface area contributed by atoms with E-state index in [1.54, 1.807) is 0 Å². The van der Waals surface area contributed by atoms with Gasteiger partial charge in [-0.25, -0.2) is 0 Å². The first-order valence-electron chi connectivity index (χ1n) is 12.9. The number of rotatable bonds is 32. The summed E-state index contributed by atoms with van der Waals surface area (Å²) < 4.78 is 48.4. The van der Waals surface area contributed by atoms with Gasteiger partial charge in [0.2, 0.25) is 5.91 Å². The molecule has 0 aliphatic rings. The van der Waals surface area contributed by atoms with Crippen LogP contribution in [0.2, 0.25) is 0 Å². The summed E-state index contributed by atoms with van der Waals surface area (Å²) in [5, 5.41) is 6.09. The standard InChI is InChI=1S/C23H46N4O10S/c24-27-26-2-5-30-7-9-32-11-13-34-15-17-36-19-21-37-20-18-35-16-14-33-12-10-31-8-6-29-4-1-23(28)25-3-22-38/h38H,1-22H2,(H,25,28). The van der Waals surface area contributed by atoms with E-state index in [0.29, 0.717) is 144 Å². The van der Waals surface area contributed by atoms with Crippen LogP contribution in [0, 0.1) is 0 Å². The van der Waals surface area contributed by atoms with E-state index in [1.165, 1.54) is 0 Å². The van der Waals surface area contributed by atoms with Crippen LogP contribution in [0.1, 0.15) is 6.42 Å². The van der Waals surface area contributed by atoms with Crippen molar-refractivity contribution in [3.05, 3.63) is 10.4 Å². The fraction of sp³-hybridized carbons (Fsp3) is 0.957. The Kier molecular flexibility index (Phi) is 32.7. The van der Waals surface area contributed by atoms with E-state index in [-0.39, 0.29) is 5.91 Å². The number of amides is 1. The Morgan fingerprint density at radius 3 is 1.21 bits per heavy atom. The molecule has 0 saturated heterocycles. The molecule has 0 heterocycles. The lowest BCUT2D eigenvalue weighted by molar-refractivity contribution is -0.122. The van der Waals surface area contributed by atoms with Crippen molar-refractivity contribution in [2.45, 2.75) is 6.42 Å². The maximum Gasteiger partial charge on any atom is 0.222 e. The van der Waals surface area contributed by atoms with Crippen molar-refractivity contribution in [2.24, 2.45) is 5.11 Å². The predicted octanol–water partition coefficient (Wildman–Crippen LogP) is 0.882. The third-order valence-electron chi connectivity index (χ3n) is 4.28. The Balaban J connectivity index is 3.06. The van der Waals surface area contributed by atoms with Crippen LogP contribution in [0.3, 0.4) is 0 Å². The summed E-state index contributed by atoms with van der Waals surface area (Å²) in [7, 11) is 0. The van der Waals surface area contributed by atoms with E-state index >= 15 is 0 Å². The monoisotopic (exact) mass is 570 g/mol. The van der Waals surface area contributed by atoms with Gasteiger partial charge in [0.05, 0.1) is 119 Å². The highest BCUT2D eigenvalue weighted by Gasteiger charge is 2.00. The van der Waals surface area contributed by atoms with Gasteiger partial charge < -0.3 is 47.9 Å². The molecule has 0 bridgehead atoms. The Morgan fingerprint density at radius 1 is 0.579 bits per heavy atom. The van der Waals surface area contributed by atoms with E-state index in [0.717, 1.165) is 0 Å². The maximum atomic E-state index is 11.3. The van der Waals surface area contributed by atoms with Gasteiger partial charge in [0, 0.05) is 30.2 Å². The molecule has 1 N–H and O–H groups in total. The Labute approximate surface area is 231 Å². The molecule has 0 aliphatic heterocycles. The molecule has 0 aromatic carbocycles. The number of azide groups is 1. The average Bonchev–Trinajstić information content (AvgIpc) is 2.93. The van der Waals surface area contributed by atoms with Crippen molar-refractivity contribution in [3.8, 4) is 0 Å². The third kappa shape index (κ3) is 32.8. The third-order valence-corrected chi connectivity index (χ3v) is 4.51. The van der Waals surface area contributed by atoms with Crippen LogP contribution in [0.25, 0.3) is 10.4 Å². The number of nitrogens with zero attached hydrogens (tertiary/aromatic N) is 3. The minimum absolute atomic E-state index is 0.0338. The molecule has 0 fully saturated rings. The summed E-state index contributed by atoms with van der Waals surface area (Å²) in [5.74, 6) is 0.590. The summed E-state index contributed by atoms with van der Waals surface area (Å²) in [4.78, 5) is 14.0. The first-order chi connectivity index (χ1) is 18.8. The van der Waals surface area contributed by atoms with Crippen molar-refractivity contribution in [3.63, 3.8) is 0 Å². The van der Waals surface area contributed by atoms with Gasteiger partial charge in [0.1, 0.15) is 0 Å². The maximum absolute atomic E-state index is 11.3. The zero-order valence-electron chi connectivity index (χ0n) is 22.4. The van der Waals surface area contributed by atoms with Gasteiger partial charge in [-0.05, 0) is 5.53 Å². The lowest BCUT2D eigenvalue weighted by Gasteiger charge is -2.09. The first kappa shape index (κ1) is 36.8. The van der Waals surface area contributed by atoms with Gasteiger partial charge in [0.15, 0.2) is 0 Å². The van der Waals surface area contributed by atoms with E-state index < -0.39 is 0 Å². The first-order valence-corrected chi connectivity index (χ1v) is 13.5. The molecule has 0 spiro atoms. The second kappa shape index (κ2) is 33.8. The molecule has 0 aliphatic carbocycles. The van der Waals surface area contributed by atoms with Gasteiger partial charge in [-0.15, -0.1) is 0 Å². The SMILES string of the molecule is [N-]=[N+]=NCCOCCOCCOCCOCCOCCOCCOCCOCCOCCC(=O)NCCS. The van der Waals surface area contributed by atoms with E-state index in [9.17, 15) is 4.79 Å². The van der Waals surface area contributed by atoms with Gasteiger partial charge in [-0.3, -0.25) is 4.79 Å². The second-order valence-corrected chi connectivity index (χ2v) is 7.74. The number of thiol groups is 1. The quantitative estimate of drug-likeness (QED) is 0.0391. The van der Waals surface area contributed by atoms with Crippen LogP contribution < -0.4 is 5.32 Å². The lowest BCUT2D eigenvalue weighted by atomic mass is 10.4. The predicted molar refractivity (Wildman–Crippen MR) is 143 cm³/mol. The average molecular weight is 571 g/mol. The molecule has 0 unspecified atom stereocenters. The fourth-order valence-corrected chi connectivity index (χ4v) is 2.57. The Hall–Kier alpha value is -1.23. The molecule has 14 nitrogen and oxygen atoms in total. The van der Waals surface area contributed by atoms with Crippen molar-refractivity contribution >= 4 is 18.5 Å². The molecule has 1 amide bonds. The van der Waals surface area contributed by atoms with Crippen molar-refractivity contribution < 1.29 is 47.4 Å². The zero-order valence-corrected chi connectivity index (χ0v) is 23.3. The summed E-state index contributed by atoms with van der Waals surface area (Å²) in [6.45, 7) is 9.36. The molecule has 38 heavy (non-hydrogen) atoms. The number of carbonyl (C=O) groups excluding carboxylic acids is 1. The number of hydrogen-bond acceptors (Lipinski definition) is 12. The van der Waals surface area contributed by atoms with Gasteiger partial charge in [-0.2, -0.15) is 12.6 Å².